The van der Waals surface area contributed by atoms with E-state index in [1.165, 1.54) is 19.3 Å². The van der Waals surface area contributed by atoms with Crippen molar-refractivity contribution >= 4 is 5.91 Å². The number of hydrogen-bond donors (Lipinski definition) is 1. The van der Waals surface area contributed by atoms with Gasteiger partial charge in [0.25, 0.3) is 0 Å². The second-order valence-corrected chi connectivity index (χ2v) is 4.06. The molecule has 0 bridgehead atoms. The number of unbranched alkanes of at least 4 members (excludes halogenated alkanes) is 1. The molecule has 14 heavy (non-hydrogen) atoms. The Morgan fingerprint density at radius 1 is 1.50 bits per heavy atom. The summed E-state index contributed by atoms with van der Waals surface area (Å²) in [7, 11) is 0. The van der Waals surface area contributed by atoms with Crippen LogP contribution >= 0.6 is 0 Å². The molecule has 2 N–H and O–H groups in total. The molecular weight excluding hydrogens is 176 g/mol. The molecule has 0 unspecified atom stereocenters. The Hall–Kier alpha value is -0.570. The Balaban J connectivity index is 2.35. The molecule has 0 spiro atoms. The van der Waals surface area contributed by atoms with Crippen LogP contribution in [-0.2, 0) is 4.79 Å². The minimum Gasteiger partial charge on any atom is -0.338 e. The average molecular weight is 198 g/mol. The van der Waals surface area contributed by atoms with Crippen LogP contribution in [0.25, 0.3) is 0 Å². The maximum atomic E-state index is 11.8. The van der Waals surface area contributed by atoms with E-state index < -0.39 is 0 Å². The molecule has 0 saturated heterocycles. The predicted octanol–water partition coefficient (Wildman–Crippen LogP) is 1.52. The van der Waals surface area contributed by atoms with Gasteiger partial charge in [0, 0.05) is 25.6 Å². The topological polar surface area (TPSA) is 46.3 Å². The monoisotopic (exact) mass is 198 g/mol. The van der Waals surface area contributed by atoms with Crippen molar-refractivity contribution < 1.29 is 4.79 Å². The van der Waals surface area contributed by atoms with Gasteiger partial charge < -0.3 is 10.6 Å². The van der Waals surface area contributed by atoms with E-state index in [0.717, 1.165) is 19.4 Å². The Morgan fingerprint density at radius 3 is 2.64 bits per heavy atom. The van der Waals surface area contributed by atoms with Gasteiger partial charge in [-0.25, -0.2) is 0 Å². The zero-order chi connectivity index (χ0) is 10.4. The van der Waals surface area contributed by atoms with Crippen molar-refractivity contribution in [3.8, 4) is 0 Å². The molecule has 1 amide bonds. The van der Waals surface area contributed by atoms with Crippen molar-refractivity contribution in [3.05, 3.63) is 0 Å². The molecule has 1 aliphatic carbocycles. The van der Waals surface area contributed by atoms with Gasteiger partial charge in [0.1, 0.15) is 0 Å². The minimum absolute atomic E-state index is 0.307. The third-order valence-electron chi connectivity index (χ3n) is 2.95. The zero-order valence-electron chi connectivity index (χ0n) is 9.17. The summed E-state index contributed by atoms with van der Waals surface area (Å²) in [5.41, 5.74) is 5.52. The average Bonchev–Trinajstić information content (AvgIpc) is 2.10. The summed E-state index contributed by atoms with van der Waals surface area (Å²) in [6, 6.07) is 0.503. The molecule has 0 aromatic rings. The molecule has 1 saturated carbocycles. The largest absolute Gasteiger partial charge is 0.338 e. The van der Waals surface area contributed by atoms with Gasteiger partial charge >= 0.3 is 0 Å². The van der Waals surface area contributed by atoms with Gasteiger partial charge in [0.15, 0.2) is 0 Å². The summed E-state index contributed by atoms with van der Waals surface area (Å²) in [5.74, 6) is 0.307. The second-order valence-electron chi connectivity index (χ2n) is 4.06. The standard InChI is InChI=1S/C11H22N2O/c1-2-3-7-11(14)13(9-8-12)10-5-4-6-10/h10H,2-9,12H2,1H3. The lowest BCUT2D eigenvalue weighted by atomic mass is 9.91. The molecule has 0 radical (unpaired) electrons. The normalized spacial score (nSPS) is 16.4. The highest BCUT2D eigenvalue weighted by Crippen LogP contribution is 2.25. The van der Waals surface area contributed by atoms with E-state index in [-0.39, 0.29) is 0 Å². The molecule has 0 atom stereocenters. The fourth-order valence-electron chi connectivity index (χ4n) is 1.82. The molecule has 1 rings (SSSR count). The molecule has 1 fully saturated rings. The smallest absolute Gasteiger partial charge is 0.222 e. The first-order chi connectivity index (χ1) is 6.79. The van der Waals surface area contributed by atoms with Crippen LogP contribution in [0.3, 0.4) is 0 Å². The van der Waals surface area contributed by atoms with Gasteiger partial charge in [0.2, 0.25) is 5.91 Å². The van der Waals surface area contributed by atoms with E-state index >= 15 is 0 Å². The first kappa shape index (κ1) is 11.5. The first-order valence-electron chi connectivity index (χ1n) is 5.79. The van der Waals surface area contributed by atoms with Crippen LogP contribution in [0.1, 0.15) is 45.4 Å². The zero-order valence-corrected chi connectivity index (χ0v) is 9.17. The SMILES string of the molecule is CCCCC(=O)N(CCN)C1CCC1. The number of hydrogen-bond acceptors (Lipinski definition) is 2. The Morgan fingerprint density at radius 2 is 2.21 bits per heavy atom. The molecule has 0 aromatic heterocycles. The van der Waals surface area contributed by atoms with Crippen LogP contribution in [0.2, 0.25) is 0 Å². The van der Waals surface area contributed by atoms with Crippen molar-refractivity contribution in [1.82, 2.24) is 4.90 Å². The summed E-state index contributed by atoms with van der Waals surface area (Å²) in [6.45, 7) is 3.45. The van der Waals surface area contributed by atoms with Crippen molar-refractivity contribution in [2.45, 2.75) is 51.5 Å². The fraction of sp³-hybridized carbons (Fsp3) is 0.909. The summed E-state index contributed by atoms with van der Waals surface area (Å²) in [6.07, 6.45) is 6.43. The Kier molecular flexibility index (Phi) is 4.94. The van der Waals surface area contributed by atoms with E-state index in [1.807, 2.05) is 4.90 Å². The van der Waals surface area contributed by atoms with Gasteiger partial charge in [0.05, 0.1) is 0 Å². The molecule has 3 heteroatoms. The van der Waals surface area contributed by atoms with Crippen LogP contribution in [0.4, 0.5) is 0 Å². The van der Waals surface area contributed by atoms with Crippen LogP contribution in [0, 0.1) is 0 Å². The molecule has 0 heterocycles. The minimum atomic E-state index is 0.307. The van der Waals surface area contributed by atoms with E-state index in [1.54, 1.807) is 0 Å². The van der Waals surface area contributed by atoms with Crippen molar-refractivity contribution in [1.29, 1.82) is 0 Å². The number of nitrogens with two attached hydrogens (primary N) is 1. The quantitative estimate of drug-likeness (QED) is 0.703. The summed E-state index contributed by atoms with van der Waals surface area (Å²) in [4.78, 5) is 13.8. The van der Waals surface area contributed by atoms with Gasteiger partial charge in [-0.2, -0.15) is 0 Å². The highest BCUT2D eigenvalue weighted by Gasteiger charge is 2.27. The van der Waals surface area contributed by atoms with E-state index in [9.17, 15) is 4.79 Å². The summed E-state index contributed by atoms with van der Waals surface area (Å²) < 4.78 is 0. The molecule has 1 aliphatic rings. The van der Waals surface area contributed by atoms with Crippen LogP contribution < -0.4 is 5.73 Å². The summed E-state index contributed by atoms with van der Waals surface area (Å²) >= 11 is 0. The van der Waals surface area contributed by atoms with E-state index in [2.05, 4.69) is 6.92 Å². The lowest BCUT2D eigenvalue weighted by Crippen LogP contribution is -2.46. The molecule has 0 aliphatic heterocycles. The lowest BCUT2D eigenvalue weighted by Gasteiger charge is -2.37. The summed E-state index contributed by atoms with van der Waals surface area (Å²) in [5, 5.41) is 0. The van der Waals surface area contributed by atoms with E-state index in [0.29, 0.717) is 24.9 Å². The molecule has 82 valence electrons. The van der Waals surface area contributed by atoms with Crippen molar-refractivity contribution in [2.75, 3.05) is 13.1 Å². The third kappa shape index (κ3) is 2.98. The third-order valence-corrected chi connectivity index (χ3v) is 2.95. The van der Waals surface area contributed by atoms with Crippen molar-refractivity contribution in [2.24, 2.45) is 5.73 Å². The fourth-order valence-corrected chi connectivity index (χ4v) is 1.82. The maximum Gasteiger partial charge on any atom is 0.222 e. The lowest BCUT2D eigenvalue weighted by molar-refractivity contribution is -0.135. The first-order valence-corrected chi connectivity index (χ1v) is 5.79. The predicted molar refractivity (Wildman–Crippen MR) is 57.9 cm³/mol. The number of amides is 1. The van der Waals surface area contributed by atoms with Gasteiger partial charge in [-0.15, -0.1) is 0 Å². The van der Waals surface area contributed by atoms with E-state index in [4.69, 9.17) is 5.73 Å². The highest BCUT2D eigenvalue weighted by molar-refractivity contribution is 5.76. The number of rotatable bonds is 6. The number of carbonyl (C=O) groups is 1. The van der Waals surface area contributed by atoms with Crippen LogP contribution in [0.5, 0.6) is 0 Å². The van der Waals surface area contributed by atoms with Gasteiger partial charge in [-0.3, -0.25) is 4.79 Å². The van der Waals surface area contributed by atoms with Crippen molar-refractivity contribution in [3.63, 3.8) is 0 Å². The number of carbonyl (C=O) groups excluding carboxylic acids is 1. The molecule has 0 aromatic carbocycles. The van der Waals surface area contributed by atoms with Gasteiger partial charge in [-0.1, -0.05) is 13.3 Å². The van der Waals surface area contributed by atoms with Crippen LogP contribution in [-0.4, -0.2) is 29.9 Å². The molecule has 3 nitrogen and oxygen atoms in total. The number of nitrogens with zero attached hydrogens (tertiary/aromatic N) is 1. The van der Waals surface area contributed by atoms with Gasteiger partial charge in [-0.05, 0) is 25.7 Å². The maximum absolute atomic E-state index is 11.8. The van der Waals surface area contributed by atoms with Crippen LogP contribution in [0.15, 0.2) is 0 Å². The Labute approximate surface area is 86.6 Å². The molecular formula is C11H22N2O. The highest BCUT2D eigenvalue weighted by atomic mass is 16.2. The second kappa shape index (κ2) is 6.02. The Bertz CT molecular complexity index is 178.